The van der Waals surface area contributed by atoms with Crippen LogP contribution in [-0.4, -0.2) is 12.6 Å². The molecule has 1 rings (SSSR count). The summed E-state index contributed by atoms with van der Waals surface area (Å²) in [6.45, 7) is 0.884. The maximum Gasteiger partial charge on any atom is 0.118 e. The molecule has 0 aliphatic carbocycles. The molecule has 0 bridgehead atoms. The normalized spacial score (nSPS) is 9.83. The topological polar surface area (TPSA) is 21.3 Å². The van der Waals surface area contributed by atoms with E-state index < -0.39 is 0 Å². The molecule has 66 valence electrons. The number of benzene rings is 1. The Labute approximate surface area is 81.1 Å². The molecule has 0 fully saturated rings. The Balaban J connectivity index is 2.53. The smallest absolute Gasteiger partial charge is 0.118 e. The van der Waals surface area contributed by atoms with E-state index in [1.165, 1.54) is 5.56 Å². The van der Waals surface area contributed by atoms with Crippen LogP contribution in [-0.2, 0) is 6.54 Å². The third-order valence-corrected chi connectivity index (χ3v) is 1.98. The van der Waals surface area contributed by atoms with Crippen LogP contribution in [0.5, 0.6) is 5.75 Å². The van der Waals surface area contributed by atoms with Crippen LogP contribution >= 0.6 is 15.9 Å². The lowest BCUT2D eigenvalue weighted by atomic mass is 10.2. The Morgan fingerprint density at radius 2 is 2.00 bits per heavy atom. The van der Waals surface area contributed by atoms with Crippen LogP contribution in [0.1, 0.15) is 5.56 Å². The Morgan fingerprint density at radius 3 is 2.50 bits per heavy atom. The van der Waals surface area contributed by atoms with Gasteiger partial charge in [0.2, 0.25) is 0 Å². The van der Waals surface area contributed by atoms with Gasteiger partial charge in [0.25, 0.3) is 0 Å². The fraction of sp³-hybridized carbons (Fsp3) is 0.333. The van der Waals surface area contributed by atoms with Crippen LogP contribution in [0.3, 0.4) is 0 Å². The average molecular weight is 230 g/mol. The van der Waals surface area contributed by atoms with E-state index in [1.807, 2.05) is 12.1 Å². The highest BCUT2D eigenvalue weighted by Gasteiger charge is 1.92. The van der Waals surface area contributed by atoms with Gasteiger partial charge in [0, 0.05) is 6.54 Å². The first-order valence-electron chi connectivity index (χ1n) is 3.76. The highest BCUT2D eigenvalue weighted by atomic mass is 79.9. The van der Waals surface area contributed by atoms with Gasteiger partial charge in [-0.05, 0) is 17.7 Å². The van der Waals surface area contributed by atoms with Crippen LogP contribution in [0.25, 0.3) is 0 Å². The van der Waals surface area contributed by atoms with Crippen molar-refractivity contribution in [2.75, 3.05) is 12.6 Å². The second-order valence-corrected chi connectivity index (χ2v) is 2.97. The fourth-order valence-corrected chi connectivity index (χ4v) is 1.13. The largest absolute Gasteiger partial charge is 0.497 e. The summed E-state index contributed by atoms with van der Waals surface area (Å²) in [7, 11) is 1.67. The molecule has 1 aromatic carbocycles. The van der Waals surface area contributed by atoms with Crippen LogP contribution in [0, 0.1) is 0 Å². The zero-order valence-electron chi connectivity index (χ0n) is 7.01. The van der Waals surface area contributed by atoms with Crippen molar-refractivity contribution in [1.29, 1.82) is 0 Å². The molecule has 0 saturated heterocycles. The fourth-order valence-electron chi connectivity index (χ4n) is 0.935. The van der Waals surface area contributed by atoms with Crippen molar-refractivity contribution in [3.8, 4) is 5.75 Å². The standard InChI is InChI=1S/C9H12BrNO/c1-12-9-4-2-8(3-5-9)6-11-7-10/h2-5,11H,6-7H2,1H3. The van der Waals surface area contributed by atoms with Gasteiger partial charge < -0.3 is 10.1 Å². The van der Waals surface area contributed by atoms with Crippen LogP contribution in [0.2, 0.25) is 0 Å². The quantitative estimate of drug-likeness (QED) is 0.632. The van der Waals surface area contributed by atoms with E-state index in [9.17, 15) is 0 Å². The molecule has 0 aliphatic rings. The molecule has 0 amide bonds. The molecule has 1 N–H and O–H groups in total. The molecule has 1 aromatic rings. The van der Waals surface area contributed by atoms with Crippen molar-refractivity contribution in [1.82, 2.24) is 5.32 Å². The molecular formula is C9H12BrNO. The zero-order chi connectivity index (χ0) is 8.81. The predicted octanol–water partition coefficient (Wildman–Crippen LogP) is 2.14. The lowest BCUT2D eigenvalue weighted by Gasteiger charge is -2.02. The summed E-state index contributed by atoms with van der Waals surface area (Å²) in [4.78, 5) is 0. The van der Waals surface area contributed by atoms with E-state index in [0.717, 1.165) is 17.7 Å². The number of rotatable bonds is 4. The van der Waals surface area contributed by atoms with Crippen molar-refractivity contribution in [3.63, 3.8) is 0 Å². The van der Waals surface area contributed by atoms with Gasteiger partial charge in [-0.2, -0.15) is 0 Å². The monoisotopic (exact) mass is 229 g/mol. The van der Waals surface area contributed by atoms with Gasteiger partial charge in [0.1, 0.15) is 5.75 Å². The molecule has 0 saturated carbocycles. The molecule has 3 heteroatoms. The summed E-state index contributed by atoms with van der Waals surface area (Å²) < 4.78 is 5.04. The zero-order valence-corrected chi connectivity index (χ0v) is 8.60. The summed E-state index contributed by atoms with van der Waals surface area (Å²) in [5, 5.41) is 3.18. The number of ether oxygens (including phenoxy) is 1. The second-order valence-electron chi connectivity index (χ2n) is 2.41. The Kier molecular flexibility index (Phi) is 4.11. The molecule has 12 heavy (non-hydrogen) atoms. The number of hydrogen-bond acceptors (Lipinski definition) is 2. The number of alkyl halides is 1. The van der Waals surface area contributed by atoms with E-state index in [1.54, 1.807) is 7.11 Å². The Morgan fingerprint density at radius 1 is 1.33 bits per heavy atom. The van der Waals surface area contributed by atoms with Crippen LogP contribution in [0.15, 0.2) is 24.3 Å². The molecule has 0 aromatic heterocycles. The lowest BCUT2D eigenvalue weighted by Crippen LogP contribution is -2.09. The highest BCUT2D eigenvalue weighted by molar-refractivity contribution is 9.09. The van der Waals surface area contributed by atoms with Gasteiger partial charge in [0.05, 0.1) is 12.6 Å². The van der Waals surface area contributed by atoms with Crippen LogP contribution < -0.4 is 10.1 Å². The molecule has 2 nitrogen and oxygen atoms in total. The minimum atomic E-state index is 0.818. The Hall–Kier alpha value is -0.540. The van der Waals surface area contributed by atoms with Gasteiger partial charge in [-0.1, -0.05) is 28.1 Å². The maximum atomic E-state index is 5.04. The van der Waals surface area contributed by atoms with E-state index >= 15 is 0 Å². The maximum absolute atomic E-state index is 5.04. The first-order chi connectivity index (χ1) is 5.86. The third kappa shape index (κ3) is 2.83. The first-order valence-corrected chi connectivity index (χ1v) is 4.88. The van der Waals surface area contributed by atoms with Crippen molar-refractivity contribution in [2.24, 2.45) is 0 Å². The molecular weight excluding hydrogens is 218 g/mol. The number of hydrogen-bond donors (Lipinski definition) is 1. The summed E-state index contributed by atoms with van der Waals surface area (Å²) in [6, 6.07) is 8.03. The number of methoxy groups -OCH3 is 1. The van der Waals surface area contributed by atoms with Crippen molar-refractivity contribution in [3.05, 3.63) is 29.8 Å². The lowest BCUT2D eigenvalue weighted by molar-refractivity contribution is 0.414. The first kappa shape index (κ1) is 9.55. The van der Waals surface area contributed by atoms with E-state index in [0.29, 0.717) is 0 Å². The molecule has 0 atom stereocenters. The molecule has 0 spiro atoms. The second kappa shape index (κ2) is 5.17. The Bertz CT molecular complexity index is 222. The SMILES string of the molecule is COc1ccc(CNCBr)cc1. The van der Waals surface area contributed by atoms with Gasteiger partial charge in [-0.15, -0.1) is 0 Å². The average Bonchev–Trinajstić information content (AvgIpc) is 2.15. The third-order valence-electron chi connectivity index (χ3n) is 1.58. The van der Waals surface area contributed by atoms with Gasteiger partial charge in [-0.3, -0.25) is 0 Å². The van der Waals surface area contributed by atoms with Crippen molar-refractivity contribution < 1.29 is 4.74 Å². The predicted molar refractivity (Wildman–Crippen MR) is 53.6 cm³/mol. The van der Waals surface area contributed by atoms with Crippen LogP contribution in [0.4, 0.5) is 0 Å². The molecule has 0 unspecified atom stereocenters. The van der Waals surface area contributed by atoms with Gasteiger partial charge >= 0.3 is 0 Å². The van der Waals surface area contributed by atoms with Gasteiger partial charge in [-0.25, -0.2) is 0 Å². The number of halogens is 1. The summed E-state index contributed by atoms with van der Waals surface area (Å²) >= 11 is 3.30. The minimum Gasteiger partial charge on any atom is -0.497 e. The summed E-state index contributed by atoms with van der Waals surface area (Å²) in [5.74, 6) is 0.901. The summed E-state index contributed by atoms with van der Waals surface area (Å²) in [5.41, 5.74) is 2.08. The highest BCUT2D eigenvalue weighted by Crippen LogP contribution is 2.10. The van der Waals surface area contributed by atoms with Crippen molar-refractivity contribution in [2.45, 2.75) is 6.54 Å². The van der Waals surface area contributed by atoms with E-state index in [-0.39, 0.29) is 0 Å². The summed E-state index contributed by atoms with van der Waals surface area (Å²) in [6.07, 6.45) is 0. The minimum absolute atomic E-state index is 0.818. The molecule has 0 aliphatic heterocycles. The van der Waals surface area contributed by atoms with Gasteiger partial charge in [0.15, 0.2) is 0 Å². The van der Waals surface area contributed by atoms with Crippen molar-refractivity contribution >= 4 is 15.9 Å². The van der Waals surface area contributed by atoms with E-state index in [2.05, 4.69) is 33.4 Å². The number of nitrogens with one attached hydrogen (secondary N) is 1. The van der Waals surface area contributed by atoms with E-state index in [4.69, 9.17) is 4.74 Å². The molecule has 0 heterocycles. The molecule has 0 radical (unpaired) electrons.